The van der Waals surface area contributed by atoms with Gasteiger partial charge in [0.25, 0.3) is 23.4 Å². The van der Waals surface area contributed by atoms with Crippen LogP contribution in [0.15, 0.2) is 30.3 Å². The van der Waals surface area contributed by atoms with Crippen LogP contribution in [0.3, 0.4) is 0 Å². The van der Waals surface area contributed by atoms with Gasteiger partial charge in [0.05, 0.1) is 32.2 Å². The lowest BCUT2D eigenvalue weighted by atomic mass is 10.1. The van der Waals surface area contributed by atoms with E-state index in [0.717, 1.165) is 12.1 Å². The first-order chi connectivity index (χ1) is 14.6. The quantitative estimate of drug-likeness (QED) is 0.297. The van der Waals surface area contributed by atoms with Crippen LogP contribution in [0.1, 0.15) is 20.7 Å². The lowest BCUT2D eigenvalue weighted by Gasteiger charge is -2.13. The van der Waals surface area contributed by atoms with E-state index >= 15 is 0 Å². The lowest BCUT2D eigenvalue weighted by Crippen LogP contribution is -2.36. The second-order valence-electron chi connectivity index (χ2n) is 6.14. The number of carbonyl (C=O) groups is 4. The maximum Gasteiger partial charge on any atom is 0.326 e. The van der Waals surface area contributed by atoms with Crippen LogP contribution in [-0.2, 0) is 14.3 Å². The van der Waals surface area contributed by atoms with Gasteiger partial charge in [-0.15, -0.1) is 0 Å². The number of nitrogens with zero attached hydrogens (tertiary/aromatic N) is 2. The number of anilines is 1. The molecular formula is C18H10Cl2FN3O7. The second kappa shape index (κ2) is 8.66. The smallest absolute Gasteiger partial charge is 0.326 e. The molecule has 31 heavy (non-hydrogen) atoms. The highest BCUT2D eigenvalue weighted by Crippen LogP contribution is 2.31. The molecule has 0 aliphatic carbocycles. The van der Waals surface area contributed by atoms with Crippen LogP contribution in [0.2, 0.25) is 10.0 Å². The summed E-state index contributed by atoms with van der Waals surface area (Å²) < 4.78 is 17.8. The van der Waals surface area contributed by atoms with Crippen molar-refractivity contribution >= 4 is 58.3 Å². The van der Waals surface area contributed by atoms with Gasteiger partial charge in [-0.05, 0) is 24.3 Å². The summed E-state index contributed by atoms with van der Waals surface area (Å²) in [6, 6.07) is 4.89. The first-order valence-corrected chi connectivity index (χ1v) is 9.08. The summed E-state index contributed by atoms with van der Waals surface area (Å²) >= 11 is 11.7. The maximum absolute atomic E-state index is 13.1. The summed E-state index contributed by atoms with van der Waals surface area (Å²) in [7, 11) is 0. The van der Waals surface area contributed by atoms with Crippen molar-refractivity contribution < 1.29 is 33.2 Å². The minimum atomic E-state index is -1.09. The van der Waals surface area contributed by atoms with Gasteiger partial charge in [-0.1, -0.05) is 23.2 Å². The highest BCUT2D eigenvalue weighted by Gasteiger charge is 2.37. The average molecular weight is 470 g/mol. The molecule has 1 aliphatic heterocycles. The Morgan fingerprint density at radius 2 is 1.68 bits per heavy atom. The van der Waals surface area contributed by atoms with E-state index in [9.17, 15) is 33.7 Å². The number of nitro groups is 1. The third-order valence-electron chi connectivity index (χ3n) is 4.09. The summed E-state index contributed by atoms with van der Waals surface area (Å²) in [5.41, 5.74) is -1.06. The second-order valence-corrected chi connectivity index (χ2v) is 6.95. The molecule has 160 valence electrons. The number of rotatable bonds is 6. The molecular weight excluding hydrogens is 460 g/mol. The summed E-state index contributed by atoms with van der Waals surface area (Å²) in [5.74, 6) is -4.50. The summed E-state index contributed by atoms with van der Waals surface area (Å²) in [6.45, 7) is -1.65. The maximum atomic E-state index is 13.1. The van der Waals surface area contributed by atoms with Gasteiger partial charge in [-0.2, -0.15) is 0 Å². The number of imide groups is 1. The fourth-order valence-corrected chi connectivity index (χ4v) is 3.02. The largest absolute Gasteiger partial charge is 0.454 e. The van der Waals surface area contributed by atoms with Crippen LogP contribution < -0.4 is 5.32 Å². The zero-order valence-corrected chi connectivity index (χ0v) is 16.7. The monoisotopic (exact) mass is 469 g/mol. The molecule has 3 amide bonds. The van der Waals surface area contributed by atoms with Gasteiger partial charge in [0.15, 0.2) is 6.61 Å². The van der Waals surface area contributed by atoms with Crippen LogP contribution in [0.4, 0.5) is 15.8 Å². The number of amides is 3. The molecule has 2 aromatic rings. The minimum absolute atomic E-state index is 0.0337. The Labute approximate surface area is 182 Å². The Morgan fingerprint density at radius 3 is 2.23 bits per heavy atom. The number of hydrogen-bond acceptors (Lipinski definition) is 7. The average Bonchev–Trinajstić information content (AvgIpc) is 2.92. The minimum Gasteiger partial charge on any atom is -0.454 e. The molecule has 13 heteroatoms. The SMILES string of the molecule is O=C(COC(=O)CN1C(=O)c2cc(Cl)c(Cl)cc2C1=O)Nc1ccc(F)cc1[N+](=O)[O-]. The Hall–Kier alpha value is -3.57. The molecule has 0 radical (unpaired) electrons. The van der Waals surface area contributed by atoms with Crippen LogP contribution >= 0.6 is 23.2 Å². The summed E-state index contributed by atoms with van der Waals surface area (Å²) in [4.78, 5) is 59.2. The summed E-state index contributed by atoms with van der Waals surface area (Å²) in [6.07, 6.45) is 0. The van der Waals surface area contributed by atoms with Gasteiger partial charge in [0.2, 0.25) is 0 Å². The third-order valence-corrected chi connectivity index (χ3v) is 4.82. The Bertz CT molecular complexity index is 1110. The molecule has 0 aromatic heterocycles. The first kappa shape index (κ1) is 22.1. The molecule has 0 spiro atoms. The van der Waals surface area contributed by atoms with E-state index in [1.165, 1.54) is 12.1 Å². The molecule has 0 saturated heterocycles. The van der Waals surface area contributed by atoms with Crippen molar-refractivity contribution in [1.82, 2.24) is 4.90 Å². The van der Waals surface area contributed by atoms with Crippen molar-refractivity contribution in [3.63, 3.8) is 0 Å². The Kier molecular flexibility index (Phi) is 6.18. The van der Waals surface area contributed by atoms with Gasteiger partial charge in [-0.25, -0.2) is 4.39 Å². The number of benzene rings is 2. The molecule has 0 fully saturated rings. The van der Waals surface area contributed by atoms with Crippen molar-refractivity contribution in [2.75, 3.05) is 18.5 Å². The molecule has 1 aliphatic rings. The van der Waals surface area contributed by atoms with Crippen molar-refractivity contribution in [3.8, 4) is 0 Å². The Balaban J connectivity index is 1.60. The van der Waals surface area contributed by atoms with E-state index in [-0.39, 0.29) is 26.9 Å². The van der Waals surface area contributed by atoms with E-state index in [0.29, 0.717) is 11.0 Å². The molecule has 1 N–H and O–H groups in total. The standard InChI is InChI=1S/C18H10Cl2FN3O7/c19-11-4-9-10(5-12(11)20)18(28)23(17(9)27)6-16(26)31-7-15(25)22-13-2-1-8(21)3-14(13)24(29)30/h1-5H,6-7H2,(H,22,25). The van der Waals surface area contributed by atoms with Gasteiger partial charge in [-0.3, -0.25) is 34.2 Å². The highest BCUT2D eigenvalue weighted by molar-refractivity contribution is 6.43. The molecule has 0 atom stereocenters. The van der Waals surface area contributed by atoms with Crippen molar-refractivity contribution in [3.05, 3.63) is 67.4 Å². The highest BCUT2D eigenvalue weighted by atomic mass is 35.5. The molecule has 3 rings (SSSR count). The van der Waals surface area contributed by atoms with Gasteiger partial charge in [0, 0.05) is 0 Å². The number of carbonyl (C=O) groups excluding carboxylic acids is 4. The number of nitro benzene ring substituents is 1. The van der Waals surface area contributed by atoms with E-state index < -0.39 is 53.3 Å². The first-order valence-electron chi connectivity index (χ1n) is 8.33. The topological polar surface area (TPSA) is 136 Å². The van der Waals surface area contributed by atoms with Crippen molar-refractivity contribution in [2.45, 2.75) is 0 Å². The molecule has 0 saturated carbocycles. The van der Waals surface area contributed by atoms with E-state index in [4.69, 9.17) is 27.9 Å². The van der Waals surface area contributed by atoms with Crippen LogP contribution in [0.25, 0.3) is 0 Å². The molecule has 0 bridgehead atoms. The number of fused-ring (bicyclic) bond motifs is 1. The van der Waals surface area contributed by atoms with Crippen molar-refractivity contribution in [1.29, 1.82) is 0 Å². The Morgan fingerprint density at radius 1 is 1.10 bits per heavy atom. The normalized spacial score (nSPS) is 12.5. The molecule has 0 unspecified atom stereocenters. The van der Waals surface area contributed by atoms with E-state index in [2.05, 4.69) is 5.32 Å². The predicted molar refractivity (Wildman–Crippen MR) is 104 cm³/mol. The molecule has 10 nitrogen and oxygen atoms in total. The van der Waals surface area contributed by atoms with Crippen LogP contribution in [-0.4, -0.2) is 46.7 Å². The molecule has 1 heterocycles. The zero-order valence-electron chi connectivity index (χ0n) is 15.2. The molecule has 2 aromatic carbocycles. The number of hydrogen-bond donors (Lipinski definition) is 1. The fourth-order valence-electron chi connectivity index (χ4n) is 2.70. The fraction of sp³-hybridized carbons (Fsp3) is 0.111. The third kappa shape index (κ3) is 4.62. The van der Waals surface area contributed by atoms with Crippen molar-refractivity contribution in [2.24, 2.45) is 0 Å². The number of nitrogens with one attached hydrogen (secondary N) is 1. The number of ether oxygens (including phenoxy) is 1. The lowest BCUT2D eigenvalue weighted by molar-refractivity contribution is -0.384. The van der Waals surface area contributed by atoms with E-state index in [1.807, 2.05) is 0 Å². The van der Waals surface area contributed by atoms with E-state index in [1.54, 1.807) is 0 Å². The van der Waals surface area contributed by atoms with Gasteiger partial charge in [0.1, 0.15) is 18.0 Å². The number of esters is 1. The summed E-state index contributed by atoms with van der Waals surface area (Å²) in [5, 5.41) is 13.1. The van der Waals surface area contributed by atoms with Gasteiger partial charge < -0.3 is 10.1 Å². The zero-order chi connectivity index (χ0) is 22.9. The number of halogens is 3. The van der Waals surface area contributed by atoms with Crippen LogP contribution in [0.5, 0.6) is 0 Å². The predicted octanol–water partition coefficient (Wildman–Crippen LogP) is 2.82. The van der Waals surface area contributed by atoms with Gasteiger partial charge >= 0.3 is 5.97 Å². The van der Waals surface area contributed by atoms with Crippen LogP contribution in [0, 0.1) is 15.9 Å².